The number of hydrogen-bond donors (Lipinski definition) is 2. The number of nitrogens with one attached hydrogen (secondary N) is 1. The minimum Gasteiger partial charge on any atom is -0.872 e. The molecule has 0 spiro atoms. The first-order valence-corrected chi connectivity index (χ1v) is 13.8. The lowest BCUT2D eigenvalue weighted by Crippen LogP contribution is -2.49. The molecule has 2 amide bonds. The molecule has 0 aliphatic carbocycles. The molecule has 1 unspecified atom stereocenters. The molecule has 3 aromatic rings. The van der Waals surface area contributed by atoms with Crippen LogP contribution in [0.25, 0.3) is 0 Å². The van der Waals surface area contributed by atoms with Gasteiger partial charge in [0.2, 0.25) is 5.91 Å². The molecule has 220 valence electrons. The van der Waals surface area contributed by atoms with Crippen LogP contribution in [0.5, 0.6) is 11.5 Å². The maximum Gasteiger partial charge on any atom is 0.335 e. The molecule has 1 atom stereocenters. The quantitative estimate of drug-likeness (QED) is 0.318. The number of carboxylic acids is 1. The number of anilines is 1. The fourth-order valence-electron chi connectivity index (χ4n) is 3.94. The van der Waals surface area contributed by atoms with Crippen molar-refractivity contribution in [2.24, 2.45) is 0 Å². The molecule has 9 nitrogen and oxygen atoms in total. The number of halogens is 1. The average Bonchev–Trinajstić information content (AvgIpc) is 2.97. The molecule has 10 heteroatoms. The van der Waals surface area contributed by atoms with E-state index in [1.165, 1.54) is 29.2 Å². The predicted octanol–water partition coefficient (Wildman–Crippen LogP) is 4.69. The first kappa shape index (κ1) is 33.1. The summed E-state index contributed by atoms with van der Waals surface area (Å²) in [5, 5.41) is 22.3. The summed E-state index contributed by atoms with van der Waals surface area (Å²) in [4.78, 5) is 40.3. The number of carbonyl (C=O) groups excluding carboxylic acids is 2. The zero-order chi connectivity index (χ0) is 30.4. The van der Waals surface area contributed by atoms with Crippen LogP contribution in [0.1, 0.15) is 48.4 Å². The maximum atomic E-state index is 13.4. The van der Waals surface area contributed by atoms with Gasteiger partial charge in [-0.2, -0.15) is 0 Å². The summed E-state index contributed by atoms with van der Waals surface area (Å²) in [5.41, 5.74) is 0.767. The number of rotatable bonds is 12. The third-order valence-electron chi connectivity index (χ3n) is 6.25. The number of amides is 2. The molecule has 3 aromatic carbocycles. The third kappa shape index (κ3) is 9.81. The van der Waals surface area contributed by atoms with E-state index < -0.39 is 17.8 Å². The van der Waals surface area contributed by atoms with Crippen LogP contribution in [0.2, 0.25) is 5.02 Å². The van der Waals surface area contributed by atoms with Crippen LogP contribution in [0.4, 0.5) is 5.69 Å². The zero-order valence-corrected chi connectivity index (χ0v) is 24.6. The normalized spacial score (nSPS) is 11.2. The van der Waals surface area contributed by atoms with Gasteiger partial charge in [-0.25, -0.2) is 4.79 Å². The van der Waals surface area contributed by atoms with Crippen molar-refractivity contribution < 1.29 is 29.3 Å². The van der Waals surface area contributed by atoms with Gasteiger partial charge in [-0.15, -0.1) is 0 Å². The van der Waals surface area contributed by atoms with E-state index in [2.05, 4.69) is 24.1 Å². The van der Waals surface area contributed by atoms with Gasteiger partial charge in [0.25, 0.3) is 5.91 Å². The number of para-hydroxylation sites is 1. The van der Waals surface area contributed by atoms with Crippen LogP contribution in [0, 0.1) is 0 Å². The molecule has 0 fully saturated rings. The molecular weight excluding hydrogens is 546 g/mol. The standard InChI is InChI=1S/C24H32ClN3O3.C7H6O3/c1-5-27(6-2)17-16-26-23(29)18(4)28(19-12-14-20(15-13-19)31-7-3)24(30)21-10-8-9-11-22(21)25;8-6-4-2-1-3-5(6)7(9)10/h8-15,18H,5-7,16-17H2,1-4H3,(H,26,29);1-4,8H,(H,9,10)/p-1. The Labute approximate surface area is 246 Å². The van der Waals surface area contributed by atoms with E-state index in [0.717, 1.165) is 19.6 Å². The number of carbonyl (C=O) groups is 3. The van der Waals surface area contributed by atoms with Crippen molar-refractivity contribution in [1.82, 2.24) is 10.2 Å². The lowest BCUT2D eigenvalue weighted by Gasteiger charge is -2.29. The summed E-state index contributed by atoms with van der Waals surface area (Å²) in [6, 6.07) is 18.8. The summed E-state index contributed by atoms with van der Waals surface area (Å²) >= 11 is 6.28. The number of nitrogens with zero attached hydrogens (tertiary/aromatic N) is 2. The van der Waals surface area contributed by atoms with E-state index in [4.69, 9.17) is 21.4 Å². The van der Waals surface area contributed by atoms with Crippen LogP contribution in [0.3, 0.4) is 0 Å². The van der Waals surface area contributed by atoms with Crippen LogP contribution in [0.15, 0.2) is 72.8 Å². The van der Waals surface area contributed by atoms with Gasteiger partial charge in [0.1, 0.15) is 11.8 Å². The molecule has 0 aromatic heterocycles. The minimum atomic E-state index is -1.18. The van der Waals surface area contributed by atoms with Crippen molar-refractivity contribution in [1.29, 1.82) is 0 Å². The Kier molecular flexibility index (Phi) is 13.6. The number of hydrogen-bond acceptors (Lipinski definition) is 6. The van der Waals surface area contributed by atoms with E-state index >= 15 is 0 Å². The van der Waals surface area contributed by atoms with Crippen molar-refractivity contribution in [3.05, 3.63) is 88.9 Å². The number of carboxylic acid groups (broad SMARTS) is 1. The molecule has 2 N–H and O–H groups in total. The second-order valence-corrected chi connectivity index (χ2v) is 9.28. The second kappa shape index (κ2) is 16.9. The van der Waals surface area contributed by atoms with Crippen LogP contribution in [-0.2, 0) is 4.79 Å². The molecule has 0 saturated carbocycles. The van der Waals surface area contributed by atoms with Crippen molar-refractivity contribution >= 4 is 35.1 Å². The molecule has 3 rings (SSSR count). The summed E-state index contributed by atoms with van der Waals surface area (Å²) in [5.74, 6) is -1.48. The molecule has 0 radical (unpaired) electrons. The summed E-state index contributed by atoms with van der Waals surface area (Å²) in [6.45, 7) is 11.5. The summed E-state index contributed by atoms with van der Waals surface area (Å²) in [7, 11) is 0. The molecule has 41 heavy (non-hydrogen) atoms. The third-order valence-corrected chi connectivity index (χ3v) is 6.58. The van der Waals surface area contributed by atoms with Gasteiger partial charge >= 0.3 is 5.97 Å². The molecule has 0 bridgehead atoms. The van der Waals surface area contributed by atoms with Crippen molar-refractivity contribution in [3.63, 3.8) is 0 Å². The van der Waals surface area contributed by atoms with E-state index in [-0.39, 0.29) is 17.4 Å². The van der Waals surface area contributed by atoms with Gasteiger partial charge < -0.3 is 25.2 Å². The number of likely N-dealkylation sites (N-methyl/N-ethyl adjacent to an activating group) is 1. The Balaban J connectivity index is 0.000000493. The first-order valence-electron chi connectivity index (χ1n) is 13.4. The minimum absolute atomic E-state index is 0.178. The number of ether oxygens (including phenoxy) is 1. The monoisotopic (exact) mass is 582 g/mol. The summed E-state index contributed by atoms with van der Waals surface area (Å²) in [6.07, 6.45) is 0. The number of benzene rings is 3. The fourth-order valence-corrected chi connectivity index (χ4v) is 4.15. The largest absolute Gasteiger partial charge is 0.872 e. The zero-order valence-electron chi connectivity index (χ0n) is 23.8. The van der Waals surface area contributed by atoms with Gasteiger partial charge in [0.05, 0.1) is 22.8 Å². The molecule has 0 saturated heterocycles. The van der Waals surface area contributed by atoms with Crippen molar-refractivity contribution in [2.45, 2.75) is 33.7 Å². The molecule has 0 aliphatic heterocycles. The van der Waals surface area contributed by atoms with Crippen LogP contribution < -0.4 is 20.1 Å². The van der Waals surface area contributed by atoms with E-state index in [9.17, 15) is 19.5 Å². The van der Waals surface area contributed by atoms with E-state index in [1.807, 2.05) is 6.92 Å². The number of aromatic carboxylic acids is 1. The SMILES string of the molecule is CCOc1ccc(N(C(=O)c2ccccc2Cl)C(C)C(=O)NCCN(CC)CC)cc1.O=C(O)c1ccccc1[O-]. The Morgan fingerprint density at radius 1 is 0.927 bits per heavy atom. The highest BCUT2D eigenvalue weighted by atomic mass is 35.5. The Bertz CT molecular complexity index is 1280. The molecule has 0 aliphatic rings. The van der Waals surface area contributed by atoms with Crippen LogP contribution in [-0.4, -0.2) is 66.6 Å². The second-order valence-electron chi connectivity index (χ2n) is 8.88. The van der Waals surface area contributed by atoms with Gasteiger partial charge in [0.15, 0.2) is 0 Å². The molecule has 0 heterocycles. The van der Waals surface area contributed by atoms with Gasteiger partial charge in [-0.05, 0) is 69.4 Å². The smallest absolute Gasteiger partial charge is 0.335 e. The van der Waals surface area contributed by atoms with E-state index in [0.29, 0.717) is 35.2 Å². The highest BCUT2D eigenvalue weighted by Crippen LogP contribution is 2.26. The molecular formula is C31H37ClN3O6-. The Hall–Kier alpha value is -4.08. The lowest BCUT2D eigenvalue weighted by molar-refractivity contribution is -0.268. The van der Waals surface area contributed by atoms with Crippen LogP contribution >= 0.6 is 11.6 Å². The highest BCUT2D eigenvalue weighted by Gasteiger charge is 2.29. The van der Waals surface area contributed by atoms with Crippen molar-refractivity contribution in [3.8, 4) is 11.5 Å². The highest BCUT2D eigenvalue weighted by molar-refractivity contribution is 6.34. The van der Waals surface area contributed by atoms with E-state index in [1.54, 1.807) is 55.5 Å². The first-order chi connectivity index (χ1) is 19.6. The van der Waals surface area contributed by atoms with Crippen molar-refractivity contribution in [2.75, 3.05) is 37.7 Å². The van der Waals surface area contributed by atoms with Gasteiger partial charge in [-0.1, -0.05) is 61.5 Å². The lowest BCUT2D eigenvalue weighted by atomic mass is 10.1. The predicted molar refractivity (Wildman–Crippen MR) is 159 cm³/mol. The summed E-state index contributed by atoms with van der Waals surface area (Å²) < 4.78 is 5.50. The maximum absolute atomic E-state index is 13.4. The fraction of sp³-hybridized carbons (Fsp3) is 0.323. The average molecular weight is 583 g/mol. The van der Waals surface area contributed by atoms with Gasteiger partial charge in [0, 0.05) is 18.8 Å². The van der Waals surface area contributed by atoms with Gasteiger partial charge in [-0.3, -0.25) is 14.5 Å². The Morgan fingerprint density at radius 3 is 2.02 bits per heavy atom. The Morgan fingerprint density at radius 2 is 1.51 bits per heavy atom. The topological polar surface area (TPSA) is 122 Å².